The summed E-state index contributed by atoms with van der Waals surface area (Å²) < 4.78 is 26.2. The van der Waals surface area contributed by atoms with Gasteiger partial charge in [0.1, 0.15) is 0 Å². The lowest BCUT2D eigenvalue weighted by molar-refractivity contribution is 0.0784. The molecule has 0 bridgehead atoms. The molecule has 25 heavy (non-hydrogen) atoms. The molecule has 1 amide bonds. The average molecular weight is 401 g/mol. The molecule has 0 aliphatic carbocycles. The van der Waals surface area contributed by atoms with Crippen molar-refractivity contribution in [2.45, 2.75) is 18.4 Å². The summed E-state index contributed by atoms with van der Waals surface area (Å²) in [6.07, 6.45) is 0. The van der Waals surface area contributed by atoms with Crippen molar-refractivity contribution in [3.05, 3.63) is 63.1 Å². The second-order valence-electron chi connectivity index (χ2n) is 5.59. The van der Waals surface area contributed by atoms with E-state index in [2.05, 4.69) is 4.72 Å². The zero-order valence-electron chi connectivity index (χ0n) is 14.0. The normalized spacial score (nSPS) is 11.4. The fourth-order valence-corrected chi connectivity index (χ4v) is 3.38. The lowest BCUT2D eigenvalue weighted by Crippen LogP contribution is -2.27. The minimum atomic E-state index is -3.62. The van der Waals surface area contributed by atoms with Crippen LogP contribution in [0.1, 0.15) is 21.5 Å². The number of hydrogen-bond donors (Lipinski definition) is 1. The van der Waals surface area contributed by atoms with Gasteiger partial charge in [-0.15, -0.1) is 0 Å². The molecule has 1 N–H and O–H groups in total. The van der Waals surface area contributed by atoms with Crippen LogP contribution >= 0.6 is 23.2 Å². The number of benzene rings is 2. The van der Waals surface area contributed by atoms with Crippen molar-refractivity contribution < 1.29 is 13.2 Å². The highest BCUT2D eigenvalue weighted by Crippen LogP contribution is 2.24. The Bertz CT molecular complexity index is 914. The van der Waals surface area contributed by atoms with Crippen LogP contribution in [0.3, 0.4) is 0 Å². The molecule has 0 fully saturated rings. The molecule has 2 rings (SSSR count). The SMILES string of the molecule is CNS(=O)(=O)c1ccc(C)c(C(=O)N(C)Cc2ccc(Cl)c(Cl)c2)c1. The van der Waals surface area contributed by atoms with Crippen molar-refractivity contribution in [2.75, 3.05) is 14.1 Å². The Balaban J connectivity index is 2.30. The first-order valence-electron chi connectivity index (χ1n) is 7.39. The predicted octanol–water partition coefficient (Wildman–Crippen LogP) is 3.48. The minimum Gasteiger partial charge on any atom is -0.337 e. The third kappa shape index (κ3) is 4.52. The third-order valence-electron chi connectivity index (χ3n) is 3.77. The number of carbonyl (C=O) groups is 1. The molecular weight excluding hydrogens is 383 g/mol. The minimum absolute atomic E-state index is 0.0480. The molecule has 0 aliphatic heterocycles. The van der Waals surface area contributed by atoms with Gasteiger partial charge in [0.05, 0.1) is 14.9 Å². The number of amides is 1. The van der Waals surface area contributed by atoms with Gasteiger partial charge in [0, 0.05) is 19.2 Å². The van der Waals surface area contributed by atoms with E-state index in [9.17, 15) is 13.2 Å². The molecule has 0 saturated carbocycles. The molecule has 0 spiro atoms. The summed E-state index contributed by atoms with van der Waals surface area (Å²) in [6, 6.07) is 9.62. The van der Waals surface area contributed by atoms with E-state index in [0.717, 1.165) is 5.56 Å². The third-order valence-corrected chi connectivity index (χ3v) is 5.92. The zero-order valence-corrected chi connectivity index (χ0v) is 16.3. The molecule has 0 aromatic heterocycles. The first kappa shape index (κ1) is 19.7. The maximum Gasteiger partial charge on any atom is 0.254 e. The summed E-state index contributed by atoms with van der Waals surface area (Å²) in [5.41, 5.74) is 1.85. The van der Waals surface area contributed by atoms with Crippen LogP contribution in [0.25, 0.3) is 0 Å². The molecule has 5 nitrogen and oxygen atoms in total. The standard InChI is InChI=1S/C17H18Cl2N2O3S/c1-11-4-6-13(25(23,24)20-2)9-14(11)17(22)21(3)10-12-5-7-15(18)16(19)8-12/h4-9,20H,10H2,1-3H3. The molecule has 0 atom stereocenters. The number of carbonyl (C=O) groups excluding carboxylic acids is 1. The summed E-state index contributed by atoms with van der Waals surface area (Å²) in [7, 11) is -0.650. The van der Waals surface area contributed by atoms with E-state index in [4.69, 9.17) is 23.2 Å². The lowest BCUT2D eigenvalue weighted by atomic mass is 10.1. The fraction of sp³-hybridized carbons (Fsp3) is 0.235. The summed E-state index contributed by atoms with van der Waals surface area (Å²) in [5.74, 6) is -0.281. The van der Waals surface area contributed by atoms with Gasteiger partial charge < -0.3 is 4.90 Å². The topological polar surface area (TPSA) is 66.5 Å². The lowest BCUT2D eigenvalue weighted by Gasteiger charge is -2.19. The number of nitrogens with zero attached hydrogens (tertiary/aromatic N) is 1. The molecule has 2 aromatic rings. The number of rotatable bonds is 5. The van der Waals surface area contributed by atoms with Gasteiger partial charge in [0.15, 0.2) is 0 Å². The van der Waals surface area contributed by atoms with Gasteiger partial charge in [0.25, 0.3) is 5.91 Å². The Kier molecular flexibility index (Phi) is 6.11. The van der Waals surface area contributed by atoms with Crippen LogP contribution in [0.4, 0.5) is 0 Å². The second kappa shape index (κ2) is 7.74. The number of hydrogen-bond acceptors (Lipinski definition) is 3. The van der Waals surface area contributed by atoms with E-state index in [-0.39, 0.29) is 10.8 Å². The summed E-state index contributed by atoms with van der Waals surface area (Å²) in [5, 5.41) is 0.860. The molecular formula is C17H18Cl2N2O3S. The molecule has 0 heterocycles. The summed E-state index contributed by atoms with van der Waals surface area (Å²) in [6.45, 7) is 2.08. The van der Waals surface area contributed by atoms with E-state index >= 15 is 0 Å². The van der Waals surface area contributed by atoms with Crippen molar-refractivity contribution in [3.8, 4) is 0 Å². The van der Waals surface area contributed by atoms with Gasteiger partial charge in [0.2, 0.25) is 10.0 Å². The quantitative estimate of drug-likeness (QED) is 0.834. The van der Waals surface area contributed by atoms with Crippen LogP contribution in [-0.2, 0) is 16.6 Å². The van der Waals surface area contributed by atoms with Gasteiger partial charge in [-0.1, -0.05) is 35.3 Å². The molecule has 2 aromatic carbocycles. The maximum atomic E-state index is 12.7. The number of aryl methyl sites for hydroxylation is 1. The van der Waals surface area contributed by atoms with Gasteiger partial charge in [-0.05, 0) is 49.4 Å². The number of halogens is 2. The predicted molar refractivity (Wildman–Crippen MR) is 99.7 cm³/mol. The molecule has 0 unspecified atom stereocenters. The largest absolute Gasteiger partial charge is 0.337 e. The molecule has 134 valence electrons. The molecule has 8 heteroatoms. The zero-order chi connectivity index (χ0) is 18.8. The Morgan fingerprint density at radius 3 is 2.40 bits per heavy atom. The fourth-order valence-electron chi connectivity index (χ4n) is 2.31. The van der Waals surface area contributed by atoms with Gasteiger partial charge in [-0.3, -0.25) is 4.79 Å². The Hall–Kier alpha value is -1.60. The molecule has 0 saturated heterocycles. The van der Waals surface area contributed by atoms with Crippen molar-refractivity contribution in [1.29, 1.82) is 0 Å². The Morgan fingerprint density at radius 2 is 1.80 bits per heavy atom. The smallest absolute Gasteiger partial charge is 0.254 e. The number of sulfonamides is 1. The van der Waals surface area contributed by atoms with E-state index in [1.54, 1.807) is 38.2 Å². The van der Waals surface area contributed by atoms with Crippen molar-refractivity contribution in [2.24, 2.45) is 0 Å². The van der Waals surface area contributed by atoms with Crippen LogP contribution in [0.2, 0.25) is 10.0 Å². The van der Waals surface area contributed by atoms with Crippen molar-refractivity contribution in [1.82, 2.24) is 9.62 Å². The van der Waals surface area contributed by atoms with Crippen LogP contribution in [0.15, 0.2) is 41.3 Å². The summed E-state index contributed by atoms with van der Waals surface area (Å²) >= 11 is 11.9. The van der Waals surface area contributed by atoms with Crippen LogP contribution < -0.4 is 4.72 Å². The maximum absolute atomic E-state index is 12.7. The molecule has 0 radical (unpaired) electrons. The summed E-state index contributed by atoms with van der Waals surface area (Å²) in [4.78, 5) is 14.3. The van der Waals surface area contributed by atoms with Gasteiger partial charge >= 0.3 is 0 Å². The highest BCUT2D eigenvalue weighted by molar-refractivity contribution is 7.89. The van der Waals surface area contributed by atoms with Crippen LogP contribution in [0, 0.1) is 6.92 Å². The van der Waals surface area contributed by atoms with E-state index in [1.165, 1.54) is 24.1 Å². The van der Waals surface area contributed by atoms with E-state index in [0.29, 0.717) is 27.7 Å². The number of nitrogens with one attached hydrogen (secondary N) is 1. The van der Waals surface area contributed by atoms with Crippen LogP contribution in [-0.4, -0.2) is 33.3 Å². The van der Waals surface area contributed by atoms with Crippen LogP contribution in [0.5, 0.6) is 0 Å². The Morgan fingerprint density at radius 1 is 1.12 bits per heavy atom. The second-order valence-corrected chi connectivity index (χ2v) is 8.29. The highest BCUT2D eigenvalue weighted by atomic mass is 35.5. The van der Waals surface area contributed by atoms with Crippen molar-refractivity contribution >= 4 is 39.1 Å². The highest BCUT2D eigenvalue weighted by Gasteiger charge is 2.19. The molecule has 0 aliphatic rings. The van der Waals surface area contributed by atoms with E-state index in [1.807, 2.05) is 0 Å². The first-order valence-corrected chi connectivity index (χ1v) is 9.63. The van der Waals surface area contributed by atoms with E-state index < -0.39 is 10.0 Å². The first-order chi connectivity index (χ1) is 11.7. The monoisotopic (exact) mass is 400 g/mol. The Labute approximate surface area is 157 Å². The van der Waals surface area contributed by atoms with Gasteiger partial charge in [-0.2, -0.15) is 0 Å². The van der Waals surface area contributed by atoms with Crippen molar-refractivity contribution in [3.63, 3.8) is 0 Å². The van der Waals surface area contributed by atoms with Gasteiger partial charge in [-0.25, -0.2) is 13.1 Å². The average Bonchev–Trinajstić information content (AvgIpc) is 2.57.